The Kier molecular flexibility index (Phi) is 6.64. The van der Waals surface area contributed by atoms with Crippen LogP contribution in [-0.4, -0.2) is 92.8 Å². The monoisotopic (exact) mass is 447 g/mol. The molecule has 0 bridgehead atoms. The number of fused-ring (bicyclic) bond motifs is 1. The first kappa shape index (κ1) is 22.2. The van der Waals surface area contributed by atoms with Crippen molar-refractivity contribution < 1.29 is 13.2 Å². The van der Waals surface area contributed by atoms with Crippen molar-refractivity contribution in [2.24, 2.45) is 4.99 Å². The fraction of sp³-hybridized carbons (Fsp3) is 0.636. The van der Waals surface area contributed by atoms with E-state index in [1.54, 1.807) is 24.3 Å². The van der Waals surface area contributed by atoms with Gasteiger partial charge in [-0.1, -0.05) is 12.1 Å². The van der Waals surface area contributed by atoms with Gasteiger partial charge in [0.15, 0.2) is 0 Å². The van der Waals surface area contributed by atoms with Crippen LogP contribution in [0, 0.1) is 0 Å². The lowest BCUT2D eigenvalue weighted by atomic mass is 10.0. The van der Waals surface area contributed by atoms with E-state index in [1.165, 1.54) is 12.8 Å². The Balaban J connectivity index is 1.24. The van der Waals surface area contributed by atoms with E-state index < -0.39 is 10.0 Å². The topological polar surface area (TPSA) is 85.3 Å². The van der Waals surface area contributed by atoms with E-state index in [4.69, 9.17) is 0 Å². The lowest BCUT2D eigenvalue weighted by molar-refractivity contribution is -0.133. The van der Waals surface area contributed by atoms with Crippen molar-refractivity contribution >= 4 is 21.8 Å². The molecule has 2 saturated heterocycles. The molecule has 9 heteroatoms. The molecule has 0 spiro atoms. The highest BCUT2D eigenvalue weighted by Crippen LogP contribution is 2.22. The minimum absolute atomic E-state index is 0.0905. The number of hydrogen-bond donors (Lipinski definition) is 1. The number of piperidine rings is 1. The van der Waals surface area contributed by atoms with Crippen LogP contribution in [0.4, 0.5) is 0 Å². The molecule has 3 aliphatic rings. The Morgan fingerprint density at radius 2 is 1.77 bits per heavy atom. The molecule has 170 valence electrons. The predicted octanol–water partition coefficient (Wildman–Crippen LogP) is 1.13. The minimum Gasteiger partial charge on any atom is -0.340 e. The highest BCUT2D eigenvalue weighted by molar-refractivity contribution is 7.90. The normalized spacial score (nSPS) is 23.8. The van der Waals surface area contributed by atoms with Crippen molar-refractivity contribution in [3.8, 4) is 0 Å². The van der Waals surface area contributed by atoms with E-state index >= 15 is 0 Å². The molecule has 4 rings (SSSR count). The molecule has 3 aliphatic heterocycles. The Bertz CT molecular complexity index is 930. The SMILES string of the molecule is CC(C)N1CCC(N2CCN(C(=O)CCN=C3NS(=O)(=O)c4ccccc43)CC2)CC1. The third-order valence-corrected chi connectivity index (χ3v) is 8.07. The molecule has 0 radical (unpaired) electrons. The highest BCUT2D eigenvalue weighted by Gasteiger charge is 2.31. The van der Waals surface area contributed by atoms with Crippen LogP contribution in [0.3, 0.4) is 0 Å². The van der Waals surface area contributed by atoms with Crippen LogP contribution < -0.4 is 4.72 Å². The summed E-state index contributed by atoms with van der Waals surface area (Å²) in [7, 11) is -3.54. The second-order valence-corrected chi connectivity index (χ2v) is 10.5. The second-order valence-electron chi connectivity index (χ2n) is 8.86. The zero-order valence-electron chi connectivity index (χ0n) is 18.5. The first-order valence-corrected chi connectivity index (χ1v) is 12.8. The maximum absolute atomic E-state index is 12.6. The number of sulfonamides is 1. The van der Waals surface area contributed by atoms with Crippen LogP contribution in [0.2, 0.25) is 0 Å². The maximum atomic E-state index is 12.6. The third-order valence-electron chi connectivity index (χ3n) is 6.67. The summed E-state index contributed by atoms with van der Waals surface area (Å²) in [4.78, 5) is 24.3. The zero-order valence-corrected chi connectivity index (χ0v) is 19.3. The number of amides is 1. The van der Waals surface area contributed by atoms with Crippen LogP contribution in [0.1, 0.15) is 38.7 Å². The van der Waals surface area contributed by atoms with Crippen molar-refractivity contribution in [1.29, 1.82) is 0 Å². The molecule has 0 aliphatic carbocycles. The Labute approximate surface area is 185 Å². The molecule has 3 heterocycles. The number of benzene rings is 1. The molecular weight excluding hydrogens is 414 g/mol. The van der Waals surface area contributed by atoms with Gasteiger partial charge in [-0.3, -0.25) is 19.4 Å². The Morgan fingerprint density at radius 1 is 1.10 bits per heavy atom. The second kappa shape index (κ2) is 9.26. The number of carbonyl (C=O) groups excluding carboxylic acids is 1. The van der Waals surface area contributed by atoms with Gasteiger partial charge in [-0.25, -0.2) is 8.42 Å². The Morgan fingerprint density at radius 3 is 2.45 bits per heavy atom. The van der Waals surface area contributed by atoms with E-state index in [-0.39, 0.29) is 17.3 Å². The molecule has 8 nitrogen and oxygen atoms in total. The van der Waals surface area contributed by atoms with Gasteiger partial charge in [0, 0.05) is 50.2 Å². The fourth-order valence-corrected chi connectivity index (χ4v) is 6.03. The van der Waals surface area contributed by atoms with Crippen LogP contribution in [-0.2, 0) is 14.8 Å². The van der Waals surface area contributed by atoms with Gasteiger partial charge in [0.2, 0.25) is 5.91 Å². The zero-order chi connectivity index (χ0) is 22.0. The first-order chi connectivity index (χ1) is 14.8. The predicted molar refractivity (Wildman–Crippen MR) is 121 cm³/mol. The van der Waals surface area contributed by atoms with E-state index in [2.05, 4.69) is 33.4 Å². The molecule has 1 aromatic carbocycles. The van der Waals surface area contributed by atoms with Crippen LogP contribution >= 0.6 is 0 Å². The average Bonchev–Trinajstić information content (AvgIpc) is 3.04. The summed E-state index contributed by atoms with van der Waals surface area (Å²) in [5.74, 6) is 0.425. The van der Waals surface area contributed by atoms with Gasteiger partial charge in [-0.15, -0.1) is 0 Å². The van der Waals surface area contributed by atoms with Gasteiger partial charge in [0.05, 0.1) is 11.4 Å². The van der Waals surface area contributed by atoms with Gasteiger partial charge < -0.3 is 9.80 Å². The maximum Gasteiger partial charge on any atom is 0.263 e. The third kappa shape index (κ3) is 4.94. The molecule has 2 fully saturated rings. The molecule has 1 N–H and O–H groups in total. The summed E-state index contributed by atoms with van der Waals surface area (Å²) in [5, 5.41) is 0. The summed E-state index contributed by atoms with van der Waals surface area (Å²) < 4.78 is 26.8. The largest absolute Gasteiger partial charge is 0.340 e. The number of nitrogens with one attached hydrogen (secondary N) is 1. The van der Waals surface area contributed by atoms with Gasteiger partial charge >= 0.3 is 0 Å². The Hall–Kier alpha value is -1.97. The summed E-state index contributed by atoms with van der Waals surface area (Å²) in [6.45, 7) is 10.5. The van der Waals surface area contributed by atoms with Crippen molar-refractivity contribution in [3.63, 3.8) is 0 Å². The van der Waals surface area contributed by atoms with E-state index in [0.717, 1.165) is 39.3 Å². The van der Waals surface area contributed by atoms with Gasteiger partial charge in [0.25, 0.3) is 10.0 Å². The number of rotatable bonds is 5. The summed E-state index contributed by atoms with van der Waals surface area (Å²) in [6.07, 6.45) is 2.71. The van der Waals surface area contributed by atoms with Gasteiger partial charge in [0.1, 0.15) is 5.84 Å². The van der Waals surface area contributed by atoms with E-state index in [1.807, 2.05) is 4.90 Å². The van der Waals surface area contributed by atoms with E-state index in [0.29, 0.717) is 29.9 Å². The number of nitrogens with zero attached hydrogens (tertiary/aromatic N) is 4. The molecule has 0 atom stereocenters. The number of carbonyl (C=O) groups is 1. The molecule has 0 saturated carbocycles. The van der Waals surface area contributed by atoms with Gasteiger partial charge in [-0.2, -0.15) is 0 Å². The first-order valence-electron chi connectivity index (χ1n) is 11.3. The highest BCUT2D eigenvalue weighted by atomic mass is 32.2. The molecule has 1 aromatic rings. The van der Waals surface area contributed by atoms with Crippen LogP contribution in [0.25, 0.3) is 0 Å². The quantitative estimate of drug-likeness (QED) is 0.732. The summed E-state index contributed by atoms with van der Waals surface area (Å²) >= 11 is 0. The fourth-order valence-electron chi connectivity index (χ4n) is 4.78. The van der Waals surface area contributed by atoms with Gasteiger partial charge in [-0.05, 0) is 51.9 Å². The van der Waals surface area contributed by atoms with Crippen molar-refractivity contribution in [3.05, 3.63) is 29.8 Å². The smallest absolute Gasteiger partial charge is 0.263 e. The number of aliphatic imine (C=N–C) groups is 1. The number of amidine groups is 1. The van der Waals surface area contributed by atoms with Crippen molar-refractivity contribution in [1.82, 2.24) is 19.4 Å². The summed E-state index contributed by atoms with van der Waals surface area (Å²) in [5.41, 5.74) is 0.576. The van der Waals surface area contributed by atoms with E-state index in [9.17, 15) is 13.2 Å². The summed E-state index contributed by atoms with van der Waals surface area (Å²) in [6, 6.07) is 8.03. The standard InChI is InChI=1S/C22H33N5O3S/c1-17(2)25-11-8-18(9-12-25)26-13-15-27(16-14-26)21(28)7-10-23-22-19-5-3-4-6-20(19)31(29,30)24-22/h3-6,17-18H,7-16H2,1-2H3,(H,23,24). The molecule has 1 amide bonds. The number of likely N-dealkylation sites (tertiary alicyclic amines) is 1. The molecule has 31 heavy (non-hydrogen) atoms. The van der Waals surface area contributed by atoms with Crippen LogP contribution in [0.5, 0.6) is 0 Å². The molecule has 0 aromatic heterocycles. The lowest BCUT2D eigenvalue weighted by Gasteiger charge is -2.43. The number of piperazine rings is 1. The van der Waals surface area contributed by atoms with Crippen molar-refractivity contribution in [2.75, 3.05) is 45.8 Å². The molecule has 0 unspecified atom stereocenters. The average molecular weight is 448 g/mol. The minimum atomic E-state index is -3.54. The van der Waals surface area contributed by atoms with Crippen molar-refractivity contribution in [2.45, 2.75) is 50.1 Å². The lowest BCUT2D eigenvalue weighted by Crippen LogP contribution is -2.54. The molecular formula is C22H33N5O3S. The van der Waals surface area contributed by atoms with Crippen LogP contribution in [0.15, 0.2) is 34.2 Å². The number of hydrogen-bond acceptors (Lipinski definition) is 6.